The van der Waals surface area contributed by atoms with Gasteiger partial charge in [-0.2, -0.15) is 0 Å². The number of likely N-dealkylation sites (tertiary alicyclic amines) is 1. The molecule has 2 rings (SSSR count). The van der Waals surface area contributed by atoms with E-state index < -0.39 is 17.7 Å². The second kappa shape index (κ2) is 9.43. The molecule has 2 amide bonds. The predicted octanol–water partition coefficient (Wildman–Crippen LogP) is 2.21. The van der Waals surface area contributed by atoms with Crippen molar-refractivity contribution in [3.05, 3.63) is 29.8 Å². The van der Waals surface area contributed by atoms with Gasteiger partial charge in [-0.25, -0.2) is 4.79 Å². The van der Waals surface area contributed by atoms with Crippen LogP contribution in [0.25, 0.3) is 0 Å². The second-order valence-electron chi connectivity index (χ2n) is 7.83. The van der Waals surface area contributed by atoms with E-state index in [-0.39, 0.29) is 25.0 Å². The van der Waals surface area contributed by atoms with Crippen LogP contribution in [0, 0.1) is 0 Å². The summed E-state index contributed by atoms with van der Waals surface area (Å²) in [5.41, 5.74) is 0.0362. The highest BCUT2D eigenvalue weighted by Gasteiger charge is 2.26. The van der Waals surface area contributed by atoms with Crippen LogP contribution in [0.5, 0.6) is 5.75 Å². The van der Waals surface area contributed by atoms with Gasteiger partial charge in [0.25, 0.3) is 5.91 Å². The lowest BCUT2D eigenvalue weighted by Crippen LogP contribution is -2.51. The SMILES string of the molecule is CC(C)(C)OC(=O)N[C@H]1CCCN(C(=O)COc2cccc(CC(=O)O)c2)C1. The Bertz CT molecular complexity index is 713. The molecule has 0 radical (unpaired) electrons. The molecule has 1 aromatic carbocycles. The minimum absolute atomic E-state index is 0.102. The summed E-state index contributed by atoms with van der Waals surface area (Å²) in [4.78, 5) is 36.8. The van der Waals surface area contributed by atoms with Crippen LogP contribution in [0.15, 0.2) is 24.3 Å². The summed E-state index contributed by atoms with van der Waals surface area (Å²) >= 11 is 0. The summed E-state index contributed by atoms with van der Waals surface area (Å²) in [5.74, 6) is -0.656. The van der Waals surface area contributed by atoms with Crippen LogP contribution in [-0.4, -0.2) is 59.3 Å². The number of piperidine rings is 1. The third-order valence-corrected chi connectivity index (χ3v) is 4.11. The van der Waals surface area contributed by atoms with E-state index in [0.29, 0.717) is 24.4 Å². The Balaban J connectivity index is 1.83. The zero-order valence-electron chi connectivity index (χ0n) is 16.6. The van der Waals surface area contributed by atoms with Crippen LogP contribution >= 0.6 is 0 Å². The molecule has 0 saturated carbocycles. The molecule has 8 heteroatoms. The molecule has 0 spiro atoms. The van der Waals surface area contributed by atoms with Crippen molar-refractivity contribution in [1.82, 2.24) is 10.2 Å². The molecule has 0 unspecified atom stereocenters. The van der Waals surface area contributed by atoms with Gasteiger partial charge in [-0.3, -0.25) is 9.59 Å². The molecule has 8 nitrogen and oxygen atoms in total. The van der Waals surface area contributed by atoms with Gasteiger partial charge in [0.05, 0.1) is 6.42 Å². The lowest BCUT2D eigenvalue weighted by Gasteiger charge is -2.33. The van der Waals surface area contributed by atoms with Crippen LogP contribution in [0.4, 0.5) is 4.79 Å². The molecule has 1 atom stereocenters. The number of amides is 2. The summed E-state index contributed by atoms with van der Waals surface area (Å²) in [5, 5.41) is 11.7. The molecule has 1 aliphatic heterocycles. The van der Waals surface area contributed by atoms with E-state index in [1.54, 1.807) is 49.9 Å². The number of carbonyl (C=O) groups excluding carboxylic acids is 2. The van der Waals surface area contributed by atoms with Gasteiger partial charge in [0, 0.05) is 19.1 Å². The van der Waals surface area contributed by atoms with Gasteiger partial charge >= 0.3 is 12.1 Å². The summed E-state index contributed by atoms with van der Waals surface area (Å²) in [7, 11) is 0. The molecule has 1 heterocycles. The molecule has 2 N–H and O–H groups in total. The number of benzene rings is 1. The molecule has 0 aliphatic carbocycles. The Morgan fingerprint density at radius 3 is 2.71 bits per heavy atom. The van der Waals surface area contributed by atoms with Gasteiger partial charge in [-0.05, 0) is 51.3 Å². The van der Waals surface area contributed by atoms with Gasteiger partial charge in [-0.15, -0.1) is 0 Å². The number of alkyl carbamates (subject to hydrolysis) is 1. The normalized spacial score (nSPS) is 17.0. The van der Waals surface area contributed by atoms with Gasteiger partial charge in [-0.1, -0.05) is 12.1 Å². The number of ether oxygens (including phenoxy) is 2. The summed E-state index contributed by atoms with van der Waals surface area (Å²) in [6.07, 6.45) is 0.967. The van der Waals surface area contributed by atoms with Crippen molar-refractivity contribution in [2.75, 3.05) is 19.7 Å². The number of nitrogens with one attached hydrogen (secondary N) is 1. The fourth-order valence-corrected chi connectivity index (χ4v) is 2.95. The number of nitrogens with zero attached hydrogens (tertiary/aromatic N) is 1. The first-order valence-corrected chi connectivity index (χ1v) is 9.33. The van der Waals surface area contributed by atoms with E-state index in [0.717, 1.165) is 12.8 Å². The standard InChI is InChI=1S/C20H28N2O6/c1-20(2,3)28-19(26)21-15-7-5-9-22(12-15)17(23)13-27-16-8-4-6-14(10-16)11-18(24)25/h4,6,8,10,15H,5,7,9,11-13H2,1-3H3,(H,21,26)(H,24,25)/t15-/m0/s1. The third-order valence-electron chi connectivity index (χ3n) is 4.11. The largest absolute Gasteiger partial charge is 0.484 e. The Kier molecular flexibility index (Phi) is 7.25. The molecule has 1 saturated heterocycles. The average Bonchev–Trinajstić information content (AvgIpc) is 2.58. The van der Waals surface area contributed by atoms with Crippen molar-refractivity contribution >= 4 is 18.0 Å². The van der Waals surface area contributed by atoms with E-state index >= 15 is 0 Å². The lowest BCUT2D eigenvalue weighted by molar-refractivity contribution is -0.136. The highest BCUT2D eigenvalue weighted by Crippen LogP contribution is 2.16. The number of rotatable bonds is 6. The fraction of sp³-hybridized carbons (Fsp3) is 0.550. The first kappa shape index (κ1) is 21.5. The summed E-state index contributed by atoms with van der Waals surface area (Å²) in [6, 6.07) is 6.53. The van der Waals surface area contributed by atoms with E-state index in [9.17, 15) is 14.4 Å². The Hall–Kier alpha value is -2.77. The molecule has 154 valence electrons. The minimum Gasteiger partial charge on any atom is -0.484 e. The van der Waals surface area contributed by atoms with Crippen LogP contribution in [0.1, 0.15) is 39.2 Å². The quantitative estimate of drug-likeness (QED) is 0.769. The maximum atomic E-state index is 12.5. The molecule has 28 heavy (non-hydrogen) atoms. The second-order valence-corrected chi connectivity index (χ2v) is 7.83. The molecule has 0 aromatic heterocycles. The molecule has 1 fully saturated rings. The van der Waals surface area contributed by atoms with Crippen LogP contribution in [-0.2, 0) is 20.7 Å². The first-order chi connectivity index (χ1) is 13.1. The summed E-state index contributed by atoms with van der Waals surface area (Å²) < 4.78 is 10.8. The molecule has 0 bridgehead atoms. The van der Waals surface area contributed by atoms with Gasteiger partial charge < -0.3 is 24.8 Å². The zero-order chi connectivity index (χ0) is 20.7. The zero-order valence-corrected chi connectivity index (χ0v) is 16.6. The van der Waals surface area contributed by atoms with Gasteiger partial charge in [0.2, 0.25) is 0 Å². The average molecular weight is 392 g/mol. The van der Waals surface area contributed by atoms with Crippen LogP contribution in [0.2, 0.25) is 0 Å². The predicted molar refractivity (Wildman–Crippen MR) is 102 cm³/mol. The van der Waals surface area contributed by atoms with Gasteiger partial charge in [0.1, 0.15) is 11.4 Å². The smallest absolute Gasteiger partial charge is 0.407 e. The third kappa shape index (κ3) is 7.46. The van der Waals surface area contributed by atoms with Crippen molar-refractivity contribution in [2.45, 2.75) is 51.7 Å². The monoisotopic (exact) mass is 392 g/mol. The number of carbonyl (C=O) groups is 3. The Morgan fingerprint density at radius 2 is 2.04 bits per heavy atom. The van der Waals surface area contributed by atoms with Crippen LogP contribution < -0.4 is 10.1 Å². The maximum absolute atomic E-state index is 12.5. The number of hydrogen-bond acceptors (Lipinski definition) is 5. The van der Waals surface area contributed by atoms with Crippen molar-refractivity contribution in [3.63, 3.8) is 0 Å². The van der Waals surface area contributed by atoms with E-state index in [2.05, 4.69) is 5.32 Å². The minimum atomic E-state index is -0.926. The van der Waals surface area contributed by atoms with Crippen molar-refractivity contribution in [3.8, 4) is 5.75 Å². The molecular weight excluding hydrogens is 364 g/mol. The topological polar surface area (TPSA) is 105 Å². The van der Waals surface area contributed by atoms with E-state index in [4.69, 9.17) is 14.6 Å². The number of aliphatic carboxylic acids is 1. The first-order valence-electron chi connectivity index (χ1n) is 9.33. The maximum Gasteiger partial charge on any atom is 0.407 e. The Labute approximate surface area is 164 Å². The highest BCUT2D eigenvalue weighted by molar-refractivity contribution is 5.78. The fourth-order valence-electron chi connectivity index (χ4n) is 2.95. The number of carboxylic acids is 1. The highest BCUT2D eigenvalue weighted by atomic mass is 16.6. The summed E-state index contributed by atoms with van der Waals surface area (Å²) in [6.45, 7) is 6.26. The van der Waals surface area contributed by atoms with Gasteiger partial charge in [0.15, 0.2) is 6.61 Å². The van der Waals surface area contributed by atoms with Crippen molar-refractivity contribution in [2.24, 2.45) is 0 Å². The Morgan fingerprint density at radius 1 is 1.29 bits per heavy atom. The van der Waals surface area contributed by atoms with E-state index in [1.165, 1.54) is 0 Å². The van der Waals surface area contributed by atoms with Crippen molar-refractivity contribution in [1.29, 1.82) is 0 Å². The van der Waals surface area contributed by atoms with Crippen molar-refractivity contribution < 1.29 is 29.0 Å². The molecule has 1 aromatic rings. The number of carboxylic acid groups (broad SMARTS) is 1. The molecule has 1 aliphatic rings. The molecular formula is C20H28N2O6. The van der Waals surface area contributed by atoms with Crippen LogP contribution in [0.3, 0.4) is 0 Å². The van der Waals surface area contributed by atoms with E-state index in [1.807, 2.05) is 0 Å². The lowest BCUT2D eigenvalue weighted by atomic mass is 10.1. The number of hydrogen-bond donors (Lipinski definition) is 2.